The molecule has 0 atom stereocenters. The summed E-state index contributed by atoms with van der Waals surface area (Å²) in [6.07, 6.45) is 11.1. The van der Waals surface area contributed by atoms with Crippen molar-refractivity contribution in [3.8, 4) is 11.5 Å². The van der Waals surface area contributed by atoms with Gasteiger partial charge in [-0.3, -0.25) is 19.2 Å². The Labute approximate surface area is 339 Å². The van der Waals surface area contributed by atoms with Gasteiger partial charge in [-0.15, -0.1) is 0 Å². The number of aromatic amines is 2. The molecule has 0 spiro atoms. The van der Waals surface area contributed by atoms with Crippen LogP contribution in [-0.2, 0) is 12.8 Å². The number of nitrogens with one attached hydrogen (secondary N) is 2. The van der Waals surface area contributed by atoms with E-state index < -0.39 is 22.7 Å². The summed E-state index contributed by atoms with van der Waals surface area (Å²) in [5.74, 6) is -1.43. The van der Waals surface area contributed by atoms with Gasteiger partial charge in [-0.25, -0.2) is 0 Å². The molecule has 0 aliphatic rings. The smallest absolute Gasteiger partial charge is 0.506 e. The quantitative estimate of drug-likeness (QED) is 0.0500. The maximum Gasteiger partial charge on any atom is 2.00 e. The molecule has 0 aliphatic carbocycles. The Balaban J connectivity index is 0.000000232. The molecule has 0 saturated carbocycles. The third-order valence-electron chi connectivity index (χ3n) is 9.27. The van der Waals surface area contributed by atoms with Gasteiger partial charge < -0.3 is 20.2 Å². The molecule has 0 amide bonds. The number of benzene rings is 4. The number of aromatic hydroxyl groups is 2. The van der Waals surface area contributed by atoms with E-state index in [9.17, 15) is 29.4 Å². The van der Waals surface area contributed by atoms with Gasteiger partial charge in [-0.05, 0) is 61.1 Å². The second-order valence-electron chi connectivity index (χ2n) is 13.1. The number of fused-ring (bicyclic) bond motifs is 2. The van der Waals surface area contributed by atoms with Crippen molar-refractivity contribution in [2.75, 3.05) is 0 Å². The Hall–Kier alpha value is -4.50. The zero-order valence-electron chi connectivity index (χ0n) is 30.5. The molecule has 2 aromatic heterocycles. The maximum absolute atomic E-state index is 12.7. The first kappa shape index (κ1) is 41.3. The van der Waals surface area contributed by atoms with Gasteiger partial charge in [0.2, 0.25) is 11.6 Å². The second-order valence-corrected chi connectivity index (χ2v) is 13.1. The average molecular weight is 739 g/mol. The molecule has 0 fully saturated rings. The minimum atomic E-state index is -0.570. The van der Waals surface area contributed by atoms with Gasteiger partial charge in [0.05, 0.1) is 11.0 Å². The van der Waals surface area contributed by atoms with Crippen molar-refractivity contribution < 1.29 is 19.8 Å². The van der Waals surface area contributed by atoms with Crippen LogP contribution in [0.3, 0.4) is 0 Å². The van der Waals surface area contributed by atoms with Crippen molar-refractivity contribution in [2.45, 2.75) is 78.1 Å². The molecule has 9 heteroatoms. The predicted molar refractivity (Wildman–Crippen MR) is 214 cm³/mol. The molecule has 8 nitrogen and oxygen atoms in total. The minimum Gasteiger partial charge on any atom is -0.506 e. The third-order valence-corrected chi connectivity index (χ3v) is 9.27. The van der Waals surface area contributed by atoms with Gasteiger partial charge in [0.15, 0.2) is 0 Å². The van der Waals surface area contributed by atoms with E-state index >= 15 is 0 Å². The van der Waals surface area contributed by atoms with Gasteiger partial charge >= 0.3 is 37.7 Å². The topological polar surface area (TPSA) is 140 Å². The molecular formula is C44H46CaN2O6+2. The van der Waals surface area contributed by atoms with E-state index in [2.05, 4.69) is 23.8 Å². The van der Waals surface area contributed by atoms with Gasteiger partial charge in [0.1, 0.15) is 22.6 Å². The van der Waals surface area contributed by atoms with Crippen LogP contribution in [0.15, 0.2) is 107 Å². The molecular weight excluding hydrogens is 693 g/mol. The van der Waals surface area contributed by atoms with Crippen LogP contribution in [0.25, 0.3) is 21.8 Å². The average Bonchev–Trinajstić information content (AvgIpc) is 3.16. The monoisotopic (exact) mass is 738 g/mol. The van der Waals surface area contributed by atoms with Crippen molar-refractivity contribution in [3.63, 3.8) is 0 Å². The molecule has 0 unspecified atom stereocenters. The van der Waals surface area contributed by atoms with Crippen molar-refractivity contribution in [3.05, 3.63) is 151 Å². The molecule has 4 aromatic carbocycles. The zero-order valence-corrected chi connectivity index (χ0v) is 32.8. The van der Waals surface area contributed by atoms with Gasteiger partial charge in [-0.2, -0.15) is 0 Å². The normalized spacial score (nSPS) is 10.8. The number of aromatic nitrogens is 2. The number of carbonyl (C=O) groups excluding carboxylic acids is 2. The summed E-state index contributed by atoms with van der Waals surface area (Å²) in [4.78, 5) is 55.5. The van der Waals surface area contributed by atoms with Crippen LogP contribution in [0, 0.1) is 0 Å². The molecule has 0 aliphatic heterocycles. The van der Waals surface area contributed by atoms with Gasteiger partial charge in [0.25, 0.3) is 11.1 Å². The molecule has 4 N–H and O–H groups in total. The van der Waals surface area contributed by atoms with Crippen molar-refractivity contribution in [1.82, 2.24) is 9.97 Å². The Morgan fingerprint density at radius 1 is 0.528 bits per heavy atom. The summed E-state index contributed by atoms with van der Waals surface area (Å²) in [6, 6.07) is 28.3. The van der Waals surface area contributed by atoms with Crippen LogP contribution < -0.4 is 11.1 Å². The van der Waals surface area contributed by atoms with Gasteiger partial charge in [-0.1, -0.05) is 125 Å². The summed E-state index contributed by atoms with van der Waals surface area (Å²) in [5, 5.41) is 22.3. The number of hydrogen-bond acceptors (Lipinski definition) is 6. The number of carbonyl (C=O) groups is 2. The van der Waals surface area contributed by atoms with Crippen LogP contribution >= 0.6 is 0 Å². The van der Waals surface area contributed by atoms with Crippen LogP contribution in [0.2, 0.25) is 0 Å². The largest absolute Gasteiger partial charge is 2.00 e. The summed E-state index contributed by atoms with van der Waals surface area (Å²) in [7, 11) is 0. The Kier molecular flexibility index (Phi) is 15.6. The van der Waals surface area contributed by atoms with Crippen LogP contribution in [0.4, 0.5) is 0 Å². The molecule has 0 saturated heterocycles. The van der Waals surface area contributed by atoms with E-state index in [1.165, 1.54) is 38.5 Å². The van der Waals surface area contributed by atoms with Crippen LogP contribution in [-0.4, -0.2) is 69.5 Å². The van der Waals surface area contributed by atoms with E-state index in [0.29, 0.717) is 32.9 Å². The number of pyridine rings is 2. The second kappa shape index (κ2) is 20.1. The van der Waals surface area contributed by atoms with E-state index in [0.717, 1.165) is 36.8 Å². The van der Waals surface area contributed by atoms with E-state index in [1.54, 1.807) is 72.8 Å². The number of aryl methyl sites for hydroxylation is 2. The Bertz CT molecular complexity index is 2120. The summed E-state index contributed by atoms with van der Waals surface area (Å²) in [6.45, 7) is 4.35. The standard InChI is InChI=1S/2C22H23NO3.Ca/c2*1-2-3-4-6-9-15-12-13-18-17(14-15)21(25)19(22(26)23-18)20(24)16-10-7-5-8-11-16;/h2*5,7-8,10-14H,2-4,6,9H2,1H3,(H2,23,25,26);/q;;+2. The van der Waals surface area contributed by atoms with Crippen molar-refractivity contribution in [1.29, 1.82) is 0 Å². The van der Waals surface area contributed by atoms with Gasteiger partial charge in [0, 0.05) is 21.9 Å². The zero-order chi connectivity index (χ0) is 37.0. The first-order chi connectivity index (χ1) is 25.2. The summed E-state index contributed by atoms with van der Waals surface area (Å²) >= 11 is 0. The Morgan fingerprint density at radius 3 is 1.26 bits per heavy atom. The molecule has 6 rings (SSSR count). The van der Waals surface area contributed by atoms with Crippen molar-refractivity contribution in [2.24, 2.45) is 0 Å². The fraction of sp³-hybridized carbons (Fsp3) is 0.273. The maximum atomic E-state index is 12.7. The van der Waals surface area contributed by atoms with Crippen LogP contribution in [0.5, 0.6) is 11.5 Å². The predicted octanol–water partition coefficient (Wildman–Crippen LogP) is 8.79. The molecule has 268 valence electrons. The number of unbranched alkanes of at least 4 members (excludes halogenated alkanes) is 6. The fourth-order valence-electron chi connectivity index (χ4n) is 6.36. The minimum absolute atomic E-state index is 0. The molecule has 2 heterocycles. The number of H-pyrrole nitrogens is 2. The fourth-order valence-corrected chi connectivity index (χ4v) is 6.36. The van der Waals surface area contributed by atoms with E-state index in [1.807, 2.05) is 24.3 Å². The van der Waals surface area contributed by atoms with E-state index in [4.69, 9.17) is 0 Å². The SMILES string of the molecule is CCCCCCc1ccc2[nH]c(=O)c(C(=O)c3ccccc3)c(O)c2c1.CCCCCCc1ccc2[nH]c(=O)c(C(=O)c3ccccc3)c(O)c2c1.[Ca+2]. The number of ketones is 2. The summed E-state index contributed by atoms with van der Waals surface area (Å²) < 4.78 is 0. The molecule has 53 heavy (non-hydrogen) atoms. The van der Waals surface area contributed by atoms with Crippen molar-refractivity contribution >= 4 is 71.1 Å². The van der Waals surface area contributed by atoms with Crippen LogP contribution in [0.1, 0.15) is 108 Å². The first-order valence-electron chi connectivity index (χ1n) is 18.2. The Morgan fingerprint density at radius 2 is 0.906 bits per heavy atom. The molecule has 6 aromatic rings. The first-order valence-corrected chi connectivity index (χ1v) is 18.2. The summed E-state index contributed by atoms with van der Waals surface area (Å²) in [5.41, 5.74) is 2.47. The molecule has 0 radical (unpaired) electrons. The third kappa shape index (κ3) is 10.3. The molecule has 0 bridgehead atoms. The number of rotatable bonds is 14. The van der Waals surface area contributed by atoms with E-state index in [-0.39, 0.29) is 60.4 Å². The number of hydrogen-bond donors (Lipinski definition) is 4.